The lowest BCUT2D eigenvalue weighted by atomic mass is 10.1. The zero-order valence-corrected chi connectivity index (χ0v) is 17.3. The van der Waals surface area contributed by atoms with E-state index in [-0.39, 0.29) is 11.4 Å². The Hall–Kier alpha value is -3.39. The molecule has 154 valence electrons. The first-order valence-electron chi connectivity index (χ1n) is 9.13. The Balaban J connectivity index is 1.61. The molecule has 1 fully saturated rings. The third kappa shape index (κ3) is 5.15. The normalized spacial score (nSPS) is 14.9. The number of hydrogen-bond donors (Lipinski definition) is 1. The summed E-state index contributed by atoms with van der Waals surface area (Å²) >= 11 is 0.777. The lowest BCUT2D eigenvalue weighted by Gasteiger charge is -2.12. The minimum atomic E-state index is -0.521. The van der Waals surface area contributed by atoms with Crippen molar-refractivity contribution in [2.75, 3.05) is 13.7 Å². The third-order valence-electron chi connectivity index (χ3n) is 4.42. The predicted octanol–water partition coefficient (Wildman–Crippen LogP) is 3.13. The van der Waals surface area contributed by atoms with Crippen LogP contribution in [-0.4, -0.2) is 41.6 Å². The maximum absolute atomic E-state index is 12.6. The van der Waals surface area contributed by atoms with Crippen molar-refractivity contribution in [3.63, 3.8) is 0 Å². The van der Waals surface area contributed by atoms with Crippen LogP contribution in [0.3, 0.4) is 0 Å². The summed E-state index contributed by atoms with van der Waals surface area (Å²) in [6.45, 7) is 1.95. The monoisotopic (exact) mass is 424 g/mol. The summed E-state index contributed by atoms with van der Waals surface area (Å²) < 4.78 is 4.64. The second-order valence-electron chi connectivity index (χ2n) is 6.64. The summed E-state index contributed by atoms with van der Waals surface area (Å²) in [6.07, 6.45) is 1.55. The van der Waals surface area contributed by atoms with Gasteiger partial charge in [0.15, 0.2) is 0 Å². The van der Waals surface area contributed by atoms with E-state index in [2.05, 4.69) is 10.1 Å². The smallest absolute Gasteiger partial charge is 0.337 e. The van der Waals surface area contributed by atoms with Crippen LogP contribution >= 0.6 is 11.8 Å². The molecule has 0 unspecified atom stereocenters. The van der Waals surface area contributed by atoms with E-state index in [1.54, 1.807) is 30.3 Å². The van der Waals surface area contributed by atoms with Crippen LogP contribution < -0.4 is 5.32 Å². The van der Waals surface area contributed by atoms with Gasteiger partial charge in [-0.2, -0.15) is 0 Å². The van der Waals surface area contributed by atoms with Crippen molar-refractivity contribution in [1.82, 2.24) is 10.2 Å². The molecule has 0 aliphatic carbocycles. The number of benzene rings is 2. The first kappa shape index (κ1) is 21.3. The summed E-state index contributed by atoms with van der Waals surface area (Å²) in [5.41, 5.74) is 3.08. The number of carbonyl (C=O) groups excluding carboxylic acids is 4. The molecule has 0 spiro atoms. The number of hydrogen-bond acceptors (Lipinski definition) is 6. The standard InChI is InChI=1S/C22H20N2O5S/c1-14-3-5-16(6-4-14)12-23-19(25)13-24-20(26)18(30-22(24)28)11-15-7-9-17(10-8-15)21(27)29-2/h3-11H,12-13H2,1-2H3,(H,23,25)/b18-11-. The predicted molar refractivity (Wildman–Crippen MR) is 113 cm³/mol. The van der Waals surface area contributed by atoms with Gasteiger partial charge in [0.2, 0.25) is 5.91 Å². The Morgan fingerprint density at radius 3 is 2.37 bits per heavy atom. The number of carbonyl (C=O) groups is 4. The van der Waals surface area contributed by atoms with E-state index >= 15 is 0 Å². The summed E-state index contributed by atoms with van der Waals surface area (Å²) in [5, 5.41) is 2.22. The topological polar surface area (TPSA) is 92.8 Å². The zero-order chi connectivity index (χ0) is 21.7. The summed E-state index contributed by atoms with van der Waals surface area (Å²) in [5.74, 6) is -1.40. The second kappa shape index (κ2) is 9.41. The minimum Gasteiger partial charge on any atom is -0.465 e. The van der Waals surface area contributed by atoms with Gasteiger partial charge in [-0.25, -0.2) is 4.79 Å². The molecule has 2 aromatic carbocycles. The highest BCUT2D eigenvalue weighted by Gasteiger charge is 2.36. The average Bonchev–Trinajstić information content (AvgIpc) is 3.00. The van der Waals surface area contributed by atoms with E-state index in [1.807, 2.05) is 31.2 Å². The van der Waals surface area contributed by atoms with Gasteiger partial charge in [0.1, 0.15) is 6.54 Å². The van der Waals surface area contributed by atoms with Crippen molar-refractivity contribution >= 4 is 40.9 Å². The van der Waals surface area contributed by atoms with Gasteiger partial charge < -0.3 is 10.1 Å². The maximum Gasteiger partial charge on any atom is 0.337 e. The number of rotatable bonds is 6. The fourth-order valence-corrected chi connectivity index (χ4v) is 3.57. The lowest BCUT2D eigenvalue weighted by Crippen LogP contribution is -2.39. The highest BCUT2D eigenvalue weighted by Crippen LogP contribution is 2.32. The van der Waals surface area contributed by atoms with Gasteiger partial charge in [0.25, 0.3) is 11.1 Å². The van der Waals surface area contributed by atoms with Gasteiger partial charge in [0.05, 0.1) is 17.6 Å². The number of aryl methyl sites for hydroxylation is 1. The molecule has 0 atom stereocenters. The fraction of sp³-hybridized carbons (Fsp3) is 0.182. The Morgan fingerprint density at radius 2 is 1.73 bits per heavy atom. The molecule has 30 heavy (non-hydrogen) atoms. The number of methoxy groups -OCH3 is 1. The minimum absolute atomic E-state index is 0.220. The Labute approximate surface area is 178 Å². The van der Waals surface area contributed by atoms with E-state index < -0.39 is 23.0 Å². The largest absolute Gasteiger partial charge is 0.465 e. The molecule has 1 aliphatic rings. The molecule has 2 aromatic rings. The molecular formula is C22H20N2O5S. The number of thioether (sulfide) groups is 1. The molecule has 1 saturated heterocycles. The van der Waals surface area contributed by atoms with Crippen molar-refractivity contribution in [3.8, 4) is 0 Å². The number of imide groups is 1. The first-order chi connectivity index (χ1) is 14.4. The van der Waals surface area contributed by atoms with Gasteiger partial charge in [-0.05, 0) is 48.0 Å². The van der Waals surface area contributed by atoms with Crippen LogP contribution in [0.25, 0.3) is 6.08 Å². The Morgan fingerprint density at radius 1 is 1.07 bits per heavy atom. The summed E-state index contributed by atoms with van der Waals surface area (Å²) in [4.78, 5) is 49.6. The first-order valence-corrected chi connectivity index (χ1v) is 9.95. The molecule has 3 rings (SSSR count). The van der Waals surface area contributed by atoms with Crippen LogP contribution in [-0.2, 0) is 20.9 Å². The molecule has 0 radical (unpaired) electrons. The van der Waals surface area contributed by atoms with Crippen molar-refractivity contribution in [3.05, 3.63) is 75.7 Å². The molecule has 0 bridgehead atoms. The van der Waals surface area contributed by atoms with E-state index in [0.717, 1.165) is 27.8 Å². The molecule has 0 aromatic heterocycles. The second-order valence-corrected chi connectivity index (χ2v) is 7.64. The van der Waals surface area contributed by atoms with Crippen LogP contribution in [0.4, 0.5) is 4.79 Å². The number of ether oxygens (including phenoxy) is 1. The van der Waals surface area contributed by atoms with Crippen molar-refractivity contribution in [2.24, 2.45) is 0 Å². The van der Waals surface area contributed by atoms with Crippen molar-refractivity contribution < 1.29 is 23.9 Å². The highest BCUT2D eigenvalue weighted by molar-refractivity contribution is 8.18. The van der Waals surface area contributed by atoms with Crippen LogP contribution in [0, 0.1) is 6.92 Å². The number of esters is 1. The van der Waals surface area contributed by atoms with Crippen molar-refractivity contribution in [2.45, 2.75) is 13.5 Å². The molecular weight excluding hydrogens is 404 g/mol. The fourth-order valence-electron chi connectivity index (χ4n) is 2.73. The number of amides is 3. The molecule has 7 nitrogen and oxygen atoms in total. The van der Waals surface area contributed by atoms with Crippen LogP contribution in [0.15, 0.2) is 53.4 Å². The van der Waals surface area contributed by atoms with Crippen LogP contribution in [0.2, 0.25) is 0 Å². The summed E-state index contributed by atoms with van der Waals surface area (Å²) in [7, 11) is 1.29. The molecule has 8 heteroatoms. The van der Waals surface area contributed by atoms with E-state index in [1.165, 1.54) is 7.11 Å². The summed E-state index contributed by atoms with van der Waals surface area (Å²) in [6, 6.07) is 14.1. The lowest BCUT2D eigenvalue weighted by molar-refractivity contribution is -0.129. The Bertz CT molecular complexity index is 1010. The van der Waals surface area contributed by atoms with Gasteiger partial charge in [-0.1, -0.05) is 42.0 Å². The SMILES string of the molecule is COC(=O)c1ccc(/C=C2\SC(=O)N(CC(=O)NCc3ccc(C)cc3)C2=O)cc1. The van der Waals surface area contributed by atoms with Gasteiger partial charge in [-0.15, -0.1) is 0 Å². The molecule has 0 saturated carbocycles. The highest BCUT2D eigenvalue weighted by atomic mass is 32.2. The quantitative estimate of drug-likeness (QED) is 0.566. The molecule has 1 N–H and O–H groups in total. The van der Waals surface area contributed by atoms with Crippen molar-refractivity contribution in [1.29, 1.82) is 0 Å². The third-order valence-corrected chi connectivity index (χ3v) is 5.32. The average molecular weight is 424 g/mol. The van der Waals surface area contributed by atoms with Gasteiger partial charge in [-0.3, -0.25) is 19.3 Å². The number of nitrogens with one attached hydrogen (secondary N) is 1. The molecule has 1 heterocycles. The van der Waals surface area contributed by atoms with Gasteiger partial charge in [0, 0.05) is 6.54 Å². The van der Waals surface area contributed by atoms with Crippen LogP contribution in [0.1, 0.15) is 27.0 Å². The van der Waals surface area contributed by atoms with E-state index in [0.29, 0.717) is 17.7 Å². The maximum atomic E-state index is 12.6. The number of nitrogens with zero attached hydrogens (tertiary/aromatic N) is 1. The van der Waals surface area contributed by atoms with E-state index in [9.17, 15) is 19.2 Å². The molecule has 3 amide bonds. The Kier molecular flexibility index (Phi) is 6.68. The molecule has 1 aliphatic heterocycles. The zero-order valence-electron chi connectivity index (χ0n) is 16.5. The van der Waals surface area contributed by atoms with E-state index in [4.69, 9.17) is 0 Å². The van der Waals surface area contributed by atoms with Crippen LogP contribution in [0.5, 0.6) is 0 Å². The van der Waals surface area contributed by atoms with Gasteiger partial charge >= 0.3 is 5.97 Å².